The molecule has 1 aromatic carbocycles. The number of fused-ring (bicyclic) bond motifs is 2. The molecule has 0 unspecified atom stereocenters. The second kappa shape index (κ2) is 5.87. The lowest BCUT2D eigenvalue weighted by atomic mass is 10.1. The summed E-state index contributed by atoms with van der Waals surface area (Å²) in [6.45, 7) is 2.38. The highest BCUT2D eigenvalue weighted by atomic mass is 16.1. The second-order valence-corrected chi connectivity index (χ2v) is 6.33. The first-order valence-corrected chi connectivity index (χ1v) is 8.48. The number of nitrogens with zero attached hydrogens (tertiary/aromatic N) is 6. The Hall–Kier alpha value is -3.81. The van der Waals surface area contributed by atoms with Gasteiger partial charge in [0.25, 0.3) is 0 Å². The minimum Gasteiger partial charge on any atom is -0.303 e. The minimum atomic E-state index is -0.227. The Bertz CT molecular complexity index is 1350. The van der Waals surface area contributed by atoms with E-state index in [0.29, 0.717) is 23.7 Å². The van der Waals surface area contributed by atoms with Crippen molar-refractivity contribution < 1.29 is 0 Å². The largest absolute Gasteiger partial charge is 0.328 e. The van der Waals surface area contributed by atoms with Gasteiger partial charge in [-0.05, 0) is 36.2 Å². The number of pyridine rings is 1. The van der Waals surface area contributed by atoms with Crippen molar-refractivity contribution in [2.24, 2.45) is 0 Å². The van der Waals surface area contributed by atoms with Crippen molar-refractivity contribution in [2.45, 2.75) is 13.5 Å². The normalized spacial score (nSPS) is 11.4. The van der Waals surface area contributed by atoms with Gasteiger partial charge in [0.05, 0.1) is 23.8 Å². The average molecular weight is 357 g/mol. The van der Waals surface area contributed by atoms with Crippen LogP contribution in [0.5, 0.6) is 0 Å². The highest BCUT2D eigenvalue weighted by molar-refractivity contribution is 5.77. The minimum absolute atomic E-state index is 0.227. The summed E-state index contributed by atoms with van der Waals surface area (Å²) in [4.78, 5) is 32.8. The van der Waals surface area contributed by atoms with Gasteiger partial charge in [-0.25, -0.2) is 14.8 Å². The predicted octanol–water partition coefficient (Wildman–Crippen LogP) is 2.21. The molecule has 4 heterocycles. The van der Waals surface area contributed by atoms with Crippen LogP contribution in [0.25, 0.3) is 28.1 Å². The molecule has 0 amide bonds. The van der Waals surface area contributed by atoms with E-state index in [2.05, 4.69) is 24.9 Å². The van der Waals surface area contributed by atoms with Crippen LogP contribution in [0.1, 0.15) is 11.1 Å². The van der Waals surface area contributed by atoms with Crippen LogP contribution in [0.2, 0.25) is 0 Å². The average Bonchev–Trinajstić information content (AvgIpc) is 3.24. The monoisotopic (exact) mass is 357 g/mol. The third-order valence-corrected chi connectivity index (χ3v) is 4.64. The second-order valence-electron chi connectivity index (χ2n) is 6.33. The van der Waals surface area contributed by atoms with E-state index in [4.69, 9.17) is 0 Å². The lowest BCUT2D eigenvalue weighted by Crippen LogP contribution is -2.18. The SMILES string of the molecule is Cc1ccncc1Cn1c(=O)[nH]c2cnc(-n3cnc4ccccc43)nc21. The molecule has 0 aliphatic heterocycles. The molecule has 0 bridgehead atoms. The maximum Gasteiger partial charge on any atom is 0.328 e. The molecule has 0 atom stereocenters. The molecule has 8 heteroatoms. The first-order valence-electron chi connectivity index (χ1n) is 8.48. The third kappa shape index (κ3) is 2.50. The van der Waals surface area contributed by atoms with Crippen molar-refractivity contribution >= 4 is 22.2 Å². The maximum atomic E-state index is 12.5. The molecule has 5 aromatic rings. The Morgan fingerprint density at radius 1 is 1.11 bits per heavy atom. The van der Waals surface area contributed by atoms with Crippen LogP contribution in [-0.2, 0) is 6.54 Å². The van der Waals surface area contributed by atoms with Crippen LogP contribution in [0.3, 0.4) is 0 Å². The fourth-order valence-electron chi connectivity index (χ4n) is 3.15. The zero-order chi connectivity index (χ0) is 18.4. The lowest BCUT2D eigenvalue weighted by Gasteiger charge is -2.07. The van der Waals surface area contributed by atoms with Crippen LogP contribution in [-0.4, -0.2) is 34.1 Å². The van der Waals surface area contributed by atoms with Gasteiger partial charge in [0.15, 0.2) is 5.65 Å². The lowest BCUT2D eigenvalue weighted by molar-refractivity contribution is 0.767. The van der Waals surface area contributed by atoms with E-state index < -0.39 is 0 Å². The third-order valence-electron chi connectivity index (χ3n) is 4.64. The number of hydrogen-bond donors (Lipinski definition) is 1. The zero-order valence-electron chi connectivity index (χ0n) is 14.5. The number of para-hydroxylation sites is 2. The van der Waals surface area contributed by atoms with Gasteiger partial charge in [0.1, 0.15) is 11.8 Å². The Morgan fingerprint density at radius 3 is 2.89 bits per heavy atom. The highest BCUT2D eigenvalue weighted by Gasteiger charge is 2.13. The number of aromatic nitrogens is 7. The number of nitrogens with one attached hydrogen (secondary N) is 1. The highest BCUT2D eigenvalue weighted by Crippen LogP contribution is 2.17. The molecule has 0 radical (unpaired) electrons. The van der Waals surface area contributed by atoms with Crippen molar-refractivity contribution in [1.29, 1.82) is 0 Å². The van der Waals surface area contributed by atoms with E-state index in [0.717, 1.165) is 22.2 Å². The fraction of sp³-hybridized carbons (Fsp3) is 0.105. The van der Waals surface area contributed by atoms with Crippen LogP contribution in [0.15, 0.2) is 60.0 Å². The van der Waals surface area contributed by atoms with E-state index >= 15 is 0 Å². The summed E-state index contributed by atoms with van der Waals surface area (Å²) in [7, 11) is 0. The van der Waals surface area contributed by atoms with Crippen molar-refractivity contribution in [3.05, 3.63) is 76.9 Å². The smallest absolute Gasteiger partial charge is 0.303 e. The molecule has 0 aliphatic carbocycles. The predicted molar refractivity (Wildman–Crippen MR) is 101 cm³/mol. The molecule has 5 rings (SSSR count). The van der Waals surface area contributed by atoms with Gasteiger partial charge in [-0.15, -0.1) is 0 Å². The summed E-state index contributed by atoms with van der Waals surface area (Å²) < 4.78 is 3.41. The number of rotatable bonds is 3. The number of aryl methyl sites for hydroxylation is 1. The van der Waals surface area contributed by atoms with Gasteiger partial charge < -0.3 is 4.98 Å². The van der Waals surface area contributed by atoms with Crippen molar-refractivity contribution in [3.8, 4) is 5.95 Å². The Balaban J connectivity index is 1.67. The Labute approximate surface area is 153 Å². The first-order chi connectivity index (χ1) is 13.2. The van der Waals surface area contributed by atoms with Crippen LogP contribution in [0, 0.1) is 6.92 Å². The molecule has 132 valence electrons. The molecular weight excluding hydrogens is 342 g/mol. The summed E-state index contributed by atoms with van der Waals surface area (Å²) in [5.41, 5.74) is 4.72. The Morgan fingerprint density at radius 2 is 2.00 bits per heavy atom. The van der Waals surface area contributed by atoms with Gasteiger partial charge in [-0.2, -0.15) is 4.98 Å². The molecular formula is C19H15N7O. The van der Waals surface area contributed by atoms with Gasteiger partial charge in [0.2, 0.25) is 5.95 Å². The van der Waals surface area contributed by atoms with Crippen LogP contribution in [0.4, 0.5) is 0 Å². The number of benzene rings is 1. The molecule has 8 nitrogen and oxygen atoms in total. The number of imidazole rings is 2. The molecule has 1 N–H and O–H groups in total. The van der Waals surface area contributed by atoms with E-state index in [1.165, 1.54) is 0 Å². The Kier molecular flexibility index (Phi) is 3.36. The molecule has 0 aliphatic rings. The fourth-order valence-corrected chi connectivity index (χ4v) is 3.15. The first kappa shape index (κ1) is 15.4. The van der Waals surface area contributed by atoms with Gasteiger partial charge >= 0.3 is 5.69 Å². The zero-order valence-corrected chi connectivity index (χ0v) is 14.5. The summed E-state index contributed by atoms with van der Waals surface area (Å²) >= 11 is 0. The van der Waals surface area contributed by atoms with Crippen molar-refractivity contribution in [2.75, 3.05) is 0 Å². The van der Waals surface area contributed by atoms with E-state index in [1.807, 2.05) is 41.8 Å². The molecule has 0 saturated heterocycles. The maximum absolute atomic E-state index is 12.5. The number of aromatic amines is 1. The van der Waals surface area contributed by atoms with E-state index in [9.17, 15) is 4.79 Å². The summed E-state index contributed by atoms with van der Waals surface area (Å²) in [5.74, 6) is 0.465. The quantitative estimate of drug-likeness (QED) is 0.534. The molecule has 0 saturated carbocycles. The molecule has 0 spiro atoms. The van der Waals surface area contributed by atoms with Gasteiger partial charge in [-0.3, -0.25) is 14.1 Å². The summed E-state index contributed by atoms with van der Waals surface area (Å²) in [6.07, 6.45) is 6.82. The number of H-pyrrole nitrogens is 1. The standard InChI is InChI=1S/C19H15N7O/c1-12-6-7-20-8-13(12)10-25-17-15(23-19(25)27)9-21-18(24-17)26-11-22-14-4-2-3-5-16(14)26/h2-9,11H,10H2,1H3,(H,23,27). The topological polar surface area (TPSA) is 94.3 Å². The van der Waals surface area contributed by atoms with E-state index in [1.54, 1.807) is 29.5 Å². The van der Waals surface area contributed by atoms with Crippen LogP contribution < -0.4 is 5.69 Å². The van der Waals surface area contributed by atoms with E-state index in [-0.39, 0.29) is 5.69 Å². The summed E-state index contributed by atoms with van der Waals surface area (Å²) in [6, 6.07) is 9.69. The molecule has 27 heavy (non-hydrogen) atoms. The number of hydrogen-bond acceptors (Lipinski definition) is 5. The van der Waals surface area contributed by atoms with Crippen LogP contribution >= 0.6 is 0 Å². The molecule has 4 aromatic heterocycles. The van der Waals surface area contributed by atoms with Gasteiger partial charge in [-0.1, -0.05) is 12.1 Å². The molecule has 0 fully saturated rings. The van der Waals surface area contributed by atoms with Crippen molar-refractivity contribution in [1.82, 2.24) is 34.1 Å². The van der Waals surface area contributed by atoms with Crippen molar-refractivity contribution in [3.63, 3.8) is 0 Å². The summed E-state index contributed by atoms with van der Waals surface area (Å²) in [5, 5.41) is 0. The van der Waals surface area contributed by atoms with Gasteiger partial charge in [0, 0.05) is 12.4 Å².